The first kappa shape index (κ1) is 21.6. The van der Waals surface area contributed by atoms with E-state index < -0.39 is 0 Å². The number of carbonyl (C=O) groups is 1. The number of hydrogen-bond donors (Lipinski definition) is 1. The Morgan fingerprint density at radius 3 is 2.52 bits per heavy atom. The number of rotatable bonds is 7. The predicted octanol–water partition coefficient (Wildman–Crippen LogP) is 3.34. The SMILES string of the molecule is C[C@H]1CN(C(=O)COc2ccc(Cl)cc2)[C@@H](CCO)CN1Cc1ccc(F)cc1. The largest absolute Gasteiger partial charge is 0.484 e. The van der Waals surface area contributed by atoms with Gasteiger partial charge in [-0.05, 0) is 55.3 Å². The fourth-order valence-electron chi connectivity index (χ4n) is 3.60. The van der Waals surface area contributed by atoms with E-state index in [0.717, 1.165) is 5.56 Å². The molecule has 29 heavy (non-hydrogen) atoms. The zero-order valence-corrected chi connectivity index (χ0v) is 17.2. The lowest BCUT2D eigenvalue weighted by Gasteiger charge is -2.45. The van der Waals surface area contributed by atoms with Crippen LogP contribution < -0.4 is 4.74 Å². The van der Waals surface area contributed by atoms with Crippen LogP contribution in [0.1, 0.15) is 18.9 Å². The van der Waals surface area contributed by atoms with Crippen LogP contribution in [0.15, 0.2) is 48.5 Å². The molecule has 0 saturated carbocycles. The van der Waals surface area contributed by atoms with E-state index in [9.17, 15) is 14.3 Å². The van der Waals surface area contributed by atoms with Gasteiger partial charge in [0.1, 0.15) is 11.6 Å². The van der Waals surface area contributed by atoms with Crippen molar-refractivity contribution in [3.63, 3.8) is 0 Å². The summed E-state index contributed by atoms with van der Waals surface area (Å²) in [6, 6.07) is 13.4. The molecule has 0 aliphatic carbocycles. The van der Waals surface area contributed by atoms with Gasteiger partial charge in [0.15, 0.2) is 6.61 Å². The number of hydrogen-bond acceptors (Lipinski definition) is 4. The molecular weight excluding hydrogens is 395 g/mol. The van der Waals surface area contributed by atoms with Crippen LogP contribution in [0.4, 0.5) is 4.39 Å². The minimum atomic E-state index is -0.254. The molecule has 2 aromatic carbocycles. The Labute approximate surface area is 175 Å². The predicted molar refractivity (Wildman–Crippen MR) is 110 cm³/mol. The smallest absolute Gasteiger partial charge is 0.260 e. The van der Waals surface area contributed by atoms with E-state index in [-0.39, 0.29) is 37.0 Å². The Kier molecular flexibility index (Phi) is 7.47. The first-order chi connectivity index (χ1) is 14.0. The van der Waals surface area contributed by atoms with Crippen molar-refractivity contribution in [2.75, 3.05) is 26.3 Å². The van der Waals surface area contributed by atoms with E-state index >= 15 is 0 Å². The number of amides is 1. The molecule has 5 nitrogen and oxygen atoms in total. The summed E-state index contributed by atoms with van der Waals surface area (Å²) in [4.78, 5) is 16.9. The first-order valence-electron chi connectivity index (χ1n) is 9.73. The van der Waals surface area contributed by atoms with E-state index in [2.05, 4.69) is 11.8 Å². The Balaban J connectivity index is 1.62. The van der Waals surface area contributed by atoms with Gasteiger partial charge in [-0.25, -0.2) is 4.39 Å². The Bertz CT molecular complexity index is 801. The summed E-state index contributed by atoms with van der Waals surface area (Å²) in [5.74, 6) is 0.229. The van der Waals surface area contributed by atoms with Gasteiger partial charge >= 0.3 is 0 Å². The molecule has 7 heteroatoms. The van der Waals surface area contributed by atoms with Crippen LogP contribution in [-0.4, -0.2) is 59.2 Å². The summed E-state index contributed by atoms with van der Waals surface area (Å²) < 4.78 is 18.8. The molecule has 1 saturated heterocycles. The van der Waals surface area contributed by atoms with Gasteiger partial charge in [0.05, 0.1) is 0 Å². The van der Waals surface area contributed by atoms with Gasteiger partial charge in [0.25, 0.3) is 5.91 Å². The normalized spacial score (nSPS) is 19.9. The second-order valence-electron chi connectivity index (χ2n) is 7.36. The van der Waals surface area contributed by atoms with Crippen molar-refractivity contribution in [1.29, 1.82) is 0 Å². The van der Waals surface area contributed by atoms with Gasteiger partial charge in [0.2, 0.25) is 0 Å². The van der Waals surface area contributed by atoms with Crippen molar-refractivity contribution in [2.24, 2.45) is 0 Å². The van der Waals surface area contributed by atoms with E-state index in [0.29, 0.717) is 36.8 Å². The number of nitrogens with zero attached hydrogens (tertiary/aromatic N) is 2. The molecule has 2 aromatic rings. The fourth-order valence-corrected chi connectivity index (χ4v) is 3.73. The van der Waals surface area contributed by atoms with E-state index in [4.69, 9.17) is 16.3 Å². The molecule has 0 unspecified atom stereocenters. The molecular formula is C22H26ClFN2O3. The molecule has 1 heterocycles. The van der Waals surface area contributed by atoms with E-state index in [1.165, 1.54) is 12.1 Å². The number of aliphatic hydroxyl groups is 1. The third kappa shape index (κ3) is 5.92. The zero-order chi connectivity index (χ0) is 20.8. The molecule has 0 bridgehead atoms. The van der Waals surface area contributed by atoms with Gasteiger partial charge in [-0.1, -0.05) is 23.7 Å². The van der Waals surface area contributed by atoms with Crippen molar-refractivity contribution in [3.8, 4) is 5.75 Å². The molecule has 0 aromatic heterocycles. The molecule has 1 aliphatic heterocycles. The summed E-state index contributed by atoms with van der Waals surface area (Å²) in [6.07, 6.45) is 0.499. The van der Waals surface area contributed by atoms with E-state index in [1.54, 1.807) is 41.3 Å². The maximum absolute atomic E-state index is 13.2. The summed E-state index contributed by atoms with van der Waals surface area (Å²) in [7, 11) is 0. The van der Waals surface area contributed by atoms with Crippen molar-refractivity contribution in [1.82, 2.24) is 9.80 Å². The summed E-state index contributed by atoms with van der Waals surface area (Å²) in [5, 5.41) is 10.1. The van der Waals surface area contributed by atoms with E-state index in [1.807, 2.05) is 0 Å². The molecule has 1 N–H and O–H groups in total. The van der Waals surface area contributed by atoms with Gasteiger partial charge in [-0.15, -0.1) is 0 Å². The number of piperazine rings is 1. The third-order valence-electron chi connectivity index (χ3n) is 5.23. The molecule has 1 amide bonds. The number of ether oxygens (including phenoxy) is 1. The Hall–Kier alpha value is -2.15. The third-order valence-corrected chi connectivity index (χ3v) is 5.48. The fraction of sp³-hybridized carbons (Fsp3) is 0.409. The maximum atomic E-state index is 13.2. The Morgan fingerprint density at radius 2 is 1.86 bits per heavy atom. The second-order valence-corrected chi connectivity index (χ2v) is 7.80. The van der Waals surface area contributed by atoms with Gasteiger partial charge in [0, 0.05) is 43.3 Å². The summed E-state index contributed by atoms with van der Waals surface area (Å²) in [5.41, 5.74) is 1.02. The van der Waals surface area contributed by atoms with Crippen LogP contribution in [-0.2, 0) is 11.3 Å². The monoisotopic (exact) mass is 420 g/mol. The van der Waals surface area contributed by atoms with Gasteiger partial charge in [-0.2, -0.15) is 0 Å². The number of benzene rings is 2. The lowest BCUT2D eigenvalue weighted by atomic mass is 10.0. The maximum Gasteiger partial charge on any atom is 0.260 e. The highest BCUT2D eigenvalue weighted by molar-refractivity contribution is 6.30. The minimum Gasteiger partial charge on any atom is -0.484 e. The van der Waals surface area contributed by atoms with Crippen LogP contribution in [0.5, 0.6) is 5.75 Å². The van der Waals surface area contributed by atoms with Crippen molar-refractivity contribution in [3.05, 3.63) is 64.9 Å². The molecule has 156 valence electrons. The molecule has 0 spiro atoms. The second kappa shape index (κ2) is 10.1. The first-order valence-corrected chi connectivity index (χ1v) is 10.1. The van der Waals surface area contributed by atoms with Crippen molar-refractivity contribution in [2.45, 2.75) is 32.0 Å². The molecule has 3 rings (SSSR count). The average molecular weight is 421 g/mol. The highest BCUT2D eigenvalue weighted by Gasteiger charge is 2.34. The highest BCUT2D eigenvalue weighted by Crippen LogP contribution is 2.21. The van der Waals surface area contributed by atoms with Crippen LogP contribution in [0, 0.1) is 5.82 Å². The standard InChI is InChI=1S/C22H26ClFN2O3/c1-16-12-26(22(28)15-29-21-8-4-18(23)5-9-21)20(10-11-27)14-25(16)13-17-2-6-19(24)7-3-17/h2-9,16,20,27H,10-15H2,1H3/t16-,20-/m0/s1. The quantitative estimate of drug-likeness (QED) is 0.746. The van der Waals surface area contributed by atoms with Gasteiger partial charge in [-0.3, -0.25) is 9.69 Å². The Morgan fingerprint density at radius 1 is 1.17 bits per heavy atom. The highest BCUT2D eigenvalue weighted by atomic mass is 35.5. The van der Waals surface area contributed by atoms with Crippen molar-refractivity contribution >= 4 is 17.5 Å². The number of aliphatic hydroxyl groups excluding tert-OH is 1. The lowest BCUT2D eigenvalue weighted by Crippen LogP contribution is -2.59. The van der Waals surface area contributed by atoms with Crippen LogP contribution >= 0.6 is 11.6 Å². The summed E-state index contributed by atoms with van der Waals surface area (Å²) in [6.45, 7) is 3.88. The van der Waals surface area contributed by atoms with Crippen molar-refractivity contribution < 1.29 is 19.0 Å². The molecule has 1 fully saturated rings. The topological polar surface area (TPSA) is 53.0 Å². The molecule has 1 aliphatic rings. The minimum absolute atomic E-state index is 0.00522. The van der Waals surface area contributed by atoms with Crippen LogP contribution in [0.3, 0.4) is 0 Å². The van der Waals surface area contributed by atoms with Gasteiger partial charge < -0.3 is 14.7 Å². The summed E-state index contributed by atoms with van der Waals surface area (Å²) >= 11 is 5.87. The lowest BCUT2D eigenvalue weighted by molar-refractivity contribution is -0.140. The number of halogens is 2. The molecule has 2 atom stereocenters. The number of carbonyl (C=O) groups excluding carboxylic acids is 1. The molecule has 0 radical (unpaired) electrons. The average Bonchev–Trinajstić information content (AvgIpc) is 2.71. The van der Waals surface area contributed by atoms with Crippen LogP contribution in [0.2, 0.25) is 5.02 Å². The zero-order valence-electron chi connectivity index (χ0n) is 16.4. The van der Waals surface area contributed by atoms with Crippen LogP contribution in [0.25, 0.3) is 0 Å².